The molecule has 130 valence electrons. The number of phenolic OH excluding ortho intramolecular Hbond substituents is 1. The van der Waals surface area contributed by atoms with Crippen molar-refractivity contribution in [3.63, 3.8) is 0 Å². The van der Waals surface area contributed by atoms with E-state index in [0.29, 0.717) is 17.7 Å². The molecule has 1 rings (SSSR count). The summed E-state index contributed by atoms with van der Waals surface area (Å²) in [6.07, 6.45) is 0.307. The summed E-state index contributed by atoms with van der Waals surface area (Å²) in [4.78, 5) is 12.7. The van der Waals surface area contributed by atoms with Crippen LogP contribution in [0.2, 0.25) is 0 Å². The zero-order valence-electron chi connectivity index (χ0n) is 16.1. The third-order valence-corrected chi connectivity index (χ3v) is 4.19. The third-order valence-electron chi connectivity index (χ3n) is 4.19. The van der Waals surface area contributed by atoms with Gasteiger partial charge in [0, 0.05) is 30.2 Å². The van der Waals surface area contributed by atoms with Gasteiger partial charge in [-0.25, -0.2) is 0 Å². The number of carbonyl (C=O) groups excluding carboxylic acids is 1. The molecule has 1 N–H and O–H groups in total. The van der Waals surface area contributed by atoms with E-state index in [1.807, 2.05) is 67.5 Å². The van der Waals surface area contributed by atoms with Gasteiger partial charge in [0.25, 0.3) is 0 Å². The number of ketones is 1. The molecule has 0 aliphatic rings. The van der Waals surface area contributed by atoms with Crippen LogP contribution in [-0.4, -0.2) is 23.6 Å². The molecule has 0 bridgehead atoms. The fraction of sp³-hybridized carbons (Fsp3) is 0.650. The normalized spacial score (nSPS) is 13.3. The zero-order valence-corrected chi connectivity index (χ0v) is 16.1. The molecular formula is C20H32O3. The first-order chi connectivity index (χ1) is 10.2. The second-order valence-corrected chi connectivity index (χ2v) is 8.98. The van der Waals surface area contributed by atoms with E-state index >= 15 is 0 Å². The highest BCUT2D eigenvalue weighted by Gasteiger charge is 2.29. The number of ether oxygens (including phenoxy) is 1. The van der Waals surface area contributed by atoms with Crippen molar-refractivity contribution in [2.45, 2.75) is 78.2 Å². The number of phenols is 1. The van der Waals surface area contributed by atoms with Crippen molar-refractivity contribution < 1.29 is 14.6 Å². The van der Waals surface area contributed by atoms with Crippen molar-refractivity contribution in [2.75, 3.05) is 7.11 Å². The number of benzene rings is 1. The summed E-state index contributed by atoms with van der Waals surface area (Å²) in [5.41, 5.74) is 1.28. The molecule has 0 saturated heterocycles. The lowest BCUT2D eigenvalue weighted by atomic mass is 9.77. The maximum atomic E-state index is 12.7. The van der Waals surface area contributed by atoms with Gasteiger partial charge in [0.15, 0.2) is 5.78 Å². The lowest BCUT2D eigenvalue weighted by Crippen LogP contribution is -2.27. The van der Waals surface area contributed by atoms with E-state index in [0.717, 1.165) is 11.1 Å². The topological polar surface area (TPSA) is 46.5 Å². The molecule has 23 heavy (non-hydrogen) atoms. The SMILES string of the molecule is COC(C)(C)CC(=O)c1cc(C(C)(C)C)c(O)c(C(C)(C)C)c1. The molecule has 0 aromatic heterocycles. The molecule has 0 amide bonds. The summed E-state index contributed by atoms with van der Waals surface area (Å²) in [6.45, 7) is 16.1. The summed E-state index contributed by atoms with van der Waals surface area (Å²) >= 11 is 0. The lowest BCUT2D eigenvalue weighted by molar-refractivity contribution is 0.0172. The number of carbonyl (C=O) groups is 1. The molecule has 0 spiro atoms. The Balaban J connectivity index is 3.48. The van der Waals surface area contributed by atoms with Crippen LogP contribution in [0.25, 0.3) is 0 Å². The Morgan fingerprint density at radius 3 is 1.65 bits per heavy atom. The Bertz CT molecular complexity index is 549. The van der Waals surface area contributed by atoms with Crippen LogP contribution in [0.15, 0.2) is 12.1 Å². The molecule has 0 heterocycles. The first kappa shape index (κ1) is 19.7. The third kappa shape index (κ3) is 4.81. The predicted octanol–water partition coefficient (Wildman–Crippen LogP) is 4.99. The van der Waals surface area contributed by atoms with E-state index in [2.05, 4.69) is 0 Å². The van der Waals surface area contributed by atoms with Gasteiger partial charge in [-0.05, 0) is 36.8 Å². The minimum Gasteiger partial charge on any atom is -0.507 e. The van der Waals surface area contributed by atoms with Crippen molar-refractivity contribution >= 4 is 5.78 Å². The van der Waals surface area contributed by atoms with Gasteiger partial charge >= 0.3 is 0 Å². The highest BCUT2D eigenvalue weighted by atomic mass is 16.5. The van der Waals surface area contributed by atoms with Crippen LogP contribution >= 0.6 is 0 Å². The van der Waals surface area contributed by atoms with Gasteiger partial charge in [0.1, 0.15) is 5.75 Å². The van der Waals surface area contributed by atoms with Gasteiger partial charge < -0.3 is 9.84 Å². The van der Waals surface area contributed by atoms with Gasteiger partial charge in [0.2, 0.25) is 0 Å². The molecule has 0 saturated carbocycles. The average molecular weight is 320 g/mol. The van der Waals surface area contributed by atoms with Gasteiger partial charge in [-0.2, -0.15) is 0 Å². The monoisotopic (exact) mass is 320 g/mol. The maximum Gasteiger partial charge on any atom is 0.165 e. The van der Waals surface area contributed by atoms with E-state index in [1.165, 1.54) is 0 Å². The maximum absolute atomic E-state index is 12.7. The Hall–Kier alpha value is -1.35. The van der Waals surface area contributed by atoms with Gasteiger partial charge in [-0.3, -0.25) is 4.79 Å². The molecule has 0 atom stereocenters. The second kappa shape index (κ2) is 6.27. The van der Waals surface area contributed by atoms with E-state index in [1.54, 1.807) is 7.11 Å². The Morgan fingerprint density at radius 2 is 1.35 bits per heavy atom. The Labute approximate surface area is 141 Å². The molecule has 0 unspecified atom stereocenters. The van der Waals surface area contributed by atoms with Gasteiger partial charge in [-0.15, -0.1) is 0 Å². The summed E-state index contributed by atoms with van der Waals surface area (Å²) in [5, 5.41) is 10.7. The highest BCUT2D eigenvalue weighted by molar-refractivity contribution is 5.97. The van der Waals surface area contributed by atoms with Crippen LogP contribution < -0.4 is 0 Å². The Kier molecular flexibility index (Phi) is 5.37. The van der Waals surface area contributed by atoms with Crippen molar-refractivity contribution in [1.82, 2.24) is 0 Å². The largest absolute Gasteiger partial charge is 0.507 e. The van der Waals surface area contributed by atoms with Crippen LogP contribution in [0.4, 0.5) is 0 Å². The number of hydrogen-bond donors (Lipinski definition) is 1. The molecular weight excluding hydrogens is 288 g/mol. The summed E-state index contributed by atoms with van der Waals surface area (Å²) in [5.74, 6) is 0.334. The zero-order chi connectivity index (χ0) is 18.2. The van der Waals surface area contributed by atoms with Crippen molar-refractivity contribution in [1.29, 1.82) is 0 Å². The number of hydrogen-bond acceptors (Lipinski definition) is 3. The van der Waals surface area contributed by atoms with Gasteiger partial charge in [0.05, 0.1) is 5.60 Å². The predicted molar refractivity (Wildman–Crippen MR) is 95.5 cm³/mol. The number of methoxy groups -OCH3 is 1. The van der Waals surface area contributed by atoms with Crippen molar-refractivity contribution in [3.8, 4) is 5.75 Å². The summed E-state index contributed by atoms with van der Waals surface area (Å²) in [7, 11) is 1.62. The van der Waals surface area contributed by atoms with Crippen LogP contribution in [0.1, 0.15) is 83.3 Å². The number of rotatable bonds is 4. The number of aromatic hydroxyl groups is 1. The molecule has 3 nitrogen and oxygen atoms in total. The van der Waals surface area contributed by atoms with Crippen molar-refractivity contribution in [3.05, 3.63) is 28.8 Å². The minimum absolute atomic E-state index is 0.0350. The average Bonchev–Trinajstić information content (AvgIpc) is 2.35. The van der Waals surface area contributed by atoms with Crippen molar-refractivity contribution in [2.24, 2.45) is 0 Å². The highest BCUT2D eigenvalue weighted by Crippen LogP contribution is 2.40. The van der Waals surface area contributed by atoms with Crippen LogP contribution in [0.3, 0.4) is 0 Å². The van der Waals surface area contributed by atoms with Crippen LogP contribution in [-0.2, 0) is 15.6 Å². The molecule has 3 heteroatoms. The fourth-order valence-electron chi connectivity index (χ4n) is 2.50. The van der Waals surface area contributed by atoms with Gasteiger partial charge in [-0.1, -0.05) is 41.5 Å². The first-order valence-electron chi connectivity index (χ1n) is 8.15. The minimum atomic E-state index is -0.501. The van der Waals surface area contributed by atoms with E-state index in [9.17, 15) is 9.90 Å². The molecule has 1 aromatic rings. The second-order valence-electron chi connectivity index (χ2n) is 8.98. The standard InChI is InChI=1S/C20H32O3/c1-18(2,3)14-10-13(16(21)12-20(7,8)23-9)11-15(17(14)22)19(4,5)6/h10-11,22H,12H2,1-9H3. The smallest absolute Gasteiger partial charge is 0.165 e. The fourth-order valence-corrected chi connectivity index (χ4v) is 2.50. The van der Waals surface area contributed by atoms with E-state index < -0.39 is 5.60 Å². The molecule has 1 aromatic carbocycles. The summed E-state index contributed by atoms with van der Waals surface area (Å²) < 4.78 is 5.38. The lowest BCUT2D eigenvalue weighted by Gasteiger charge is -2.28. The number of Topliss-reactive ketones (excluding diaryl/α,β-unsaturated/α-hetero) is 1. The van der Waals surface area contributed by atoms with E-state index in [-0.39, 0.29) is 16.6 Å². The molecule has 0 fully saturated rings. The molecule has 0 aliphatic heterocycles. The van der Waals surface area contributed by atoms with Crippen LogP contribution in [0.5, 0.6) is 5.75 Å². The van der Waals surface area contributed by atoms with Crippen LogP contribution in [0, 0.1) is 0 Å². The quantitative estimate of drug-likeness (QED) is 0.795. The first-order valence-corrected chi connectivity index (χ1v) is 8.15. The Morgan fingerprint density at radius 1 is 0.957 bits per heavy atom. The summed E-state index contributed by atoms with van der Waals surface area (Å²) in [6, 6.07) is 3.66. The molecule has 0 aliphatic carbocycles. The molecule has 0 radical (unpaired) electrons. The van der Waals surface area contributed by atoms with E-state index in [4.69, 9.17) is 4.74 Å².